The van der Waals surface area contributed by atoms with Crippen molar-refractivity contribution in [1.82, 2.24) is 4.98 Å². The SMILES string of the molecule is Cc1oc2ccc(OCc3cccnc3C(F)(F)F)cc2c1C1(C2OC2O)CC1. The third-order valence-corrected chi connectivity index (χ3v) is 5.69. The second-order valence-electron chi connectivity index (χ2n) is 7.59. The minimum Gasteiger partial charge on any atom is -0.489 e. The van der Waals surface area contributed by atoms with Crippen molar-refractivity contribution in [3.8, 4) is 5.75 Å². The molecule has 2 atom stereocenters. The molecule has 3 aromatic rings. The van der Waals surface area contributed by atoms with E-state index in [0.29, 0.717) is 11.3 Å². The molecule has 1 aromatic carbocycles. The first-order valence-corrected chi connectivity index (χ1v) is 9.31. The van der Waals surface area contributed by atoms with Gasteiger partial charge in [0.15, 0.2) is 12.0 Å². The first-order valence-electron chi connectivity index (χ1n) is 9.31. The van der Waals surface area contributed by atoms with Gasteiger partial charge in [-0.2, -0.15) is 13.2 Å². The maximum atomic E-state index is 13.1. The number of aliphatic hydroxyl groups excluding tert-OH is 1. The zero-order valence-electron chi connectivity index (χ0n) is 15.5. The van der Waals surface area contributed by atoms with Crippen LogP contribution in [0.3, 0.4) is 0 Å². The molecule has 5 rings (SSSR count). The summed E-state index contributed by atoms with van der Waals surface area (Å²) < 4.78 is 56.2. The number of nitrogens with zero attached hydrogens (tertiary/aromatic N) is 1. The van der Waals surface area contributed by atoms with Gasteiger partial charge in [-0.25, -0.2) is 0 Å². The Bertz CT molecular complexity index is 1090. The fraction of sp³-hybridized carbons (Fsp3) is 0.381. The van der Waals surface area contributed by atoms with Gasteiger partial charge in [0.2, 0.25) is 0 Å². The van der Waals surface area contributed by atoms with Gasteiger partial charge in [0.1, 0.15) is 29.8 Å². The molecule has 8 heteroatoms. The van der Waals surface area contributed by atoms with Crippen molar-refractivity contribution in [2.45, 2.75) is 50.4 Å². The molecule has 3 heterocycles. The summed E-state index contributed by atoms with van der Waals surface area (Å²) in [7, 11) is 0. The van der Waals surface area contributed by atoms with Crippen molar-refractivity contribution in [3.05, 3.63) is 59.1 Å². The zero-order chi connectivity index (χ0) is 20.4. The van der Waals surface area contributed by atoms with Crippen molar-refractivity contribution < 1.29 is 32.2 Å². The molecule has 1 aliphatic heterocycles. The van der Waals surface area contributed by atoms with E-state index in [1.807, 2.05) is 6.92 Å². The number of benzene rings is 1. The van der Waals surface area contributed by atoms with Gasteiger partial charge in [0.25, 0.3) is 0 Å². The summed E-state index contributed by atoms with van der Waals surface area (Å²) in [5.41, 5.74) is 0.412. The average molecular weight is 405 g/mol. The molecule has 5 nitrogen and oxygen atoms in total. The molecule has 1 saturated carbocycles. The van der Waals surface area contributed by atoms with Crippen LogP contribution >= 0.6 is 0 Å². The smallest absolute Gasteiger partial charge is 0.433 e. The normalized spacial score (nSPS) is 22.7. The Morgan fingerprint density at radius 3 is 2.69 bits per heavy atom. The van der Waals surface area contributed by atoms with Gasteiger partial charge in [-0.3, -0.25) is 4.98 Å². The van der Waals surface area contributed by atoms with Gasteiger partial charge < -0.3 is 19.0 Å². The van der Waals surface area contributed by atoms with E-state index in [1.54, 1.807) is 18.2 Å². The fourth-order valence-corrected chi connectivity index (χ4v) is 4.20. The highest BCUT2D eigenvalue weighted by Crippen LogP contribution is 2.60. The Morgan fingerprint density at radius 1 is 1.28 bits per heavy atom. The van der Waals surface area contributed by atoms with Gasteiger partial charge in [-0.15, -0.1) is 0 Å². The minimum atomic E-state index is -4.54. The van der Waals surface area contributed by atoms with Gasteiger partial charge in [-0.05, 0) is 44.0 Å². The Morgan fingerprint density at radius 2 is 2.03 bits per heavy atom. The van der Waals surface area contributed by atoms with Crippen LogP contribution in [0, 0.1) is 6.92 Å². The lowest BCUT2D eigenvalue weighted by molar-refractivity contribution is -0.142. The Hall–Kier alpha value is -2.58. The quantitative estimate of drug-likeness (QED) is 0.634. The molecule has 0 bridgehead atoms. The summed E-state index contributed by atoms with van der Waals surface area (Å²) in [4.78, 5) is 3.45. The van der Waals surface area contributed by atoms with E-state index < -0.39 is 18.2 Å². The van der Waals surface area contributed by atoms with E-state index in [0.717, 1.165) is 35.7 Å². The van der Waals surface area contributed by atoms with Gasteiger partial charge in [0.05, 0.1) is 0 Å². The number of halogens is 3. The molecule has 0 amide bonds. The Kier molecular flexibility index (Phi) is 3.95. The number of aliphatic hydroxyl groups is 1. The maximum Gasteiger partial charge on any atom is 0.433 e. The highest BCUT2D eigenvalue weighted by molar-refractivity contribution is 5.85. The summed E-state index contributed by atoms with van der Waals surface area (Å²) >= 11 is 0. The monoisotopic (exact) mass is 405 g/mol. The third kappa shape index (κ3) is 3.07. The third-order valence-electron chi connectivity index (χ3n) is 5.69. The number of aryl methyl sites for hydroxylation is 1. The molecule has 152 valence electrons. The van der Waals surface area contributed by atoms with Crippen LogP contribution in [0.15, 0.2) is 40.9 Å². The Labute approximate surface area is 164 Å². The predicted octanol–water partition coefficient (Wildman–Crippen LogP) is 4.48. The van der Waals surface area contributed by atoms with Crippen LogP contribution in [0.4, 0.5) is 13.2 Å². The second kappa shape index (κ2) is 6.21. The van der Waals surface area contributed by atoms with Crippen molar-refractivity contribution in [3.63, 3.8) is 0 Å². The van der Waals surface area contributed by atoms with Crippen molar-refractivity contribution >= 4 is 11.0 Å². The lowest BCUT2D eigenvalue weighted by Crippen LogP contribution is -2.17. The molecule has 1 N–H and O–H groups in total. The van der Waals surface area contributed by atoms with E-state index in [1.165, 1.54) is 12.1 Å². The standard InChI is InChI=1S/C21H18F3NO4/c1-11-16(20(6-7-20)18-19(26)29-18)14-9-13(4-5-15(14)28-11)27-10-12-3-2-8-25-17(12)21(22,23)24/h2-5,8-9,18-19,26H,6-7,10H2,1H3. The number of furan rings is 1. The van der Waals surface area contributed by atoms with Crippen LogP contribution in [0.2, 0.25) is 0 Å². The average Bonchev–Trinajstić information content (AvgIpc) is 3.58. The number of hydrogen-bond acceptors (Lipinski definition) is 5. The first kappa shape index (κ1) is 18.4. The molecule has 2 aliphatic rings. The molecule has 2 fully saturated rings. The molecular formula is C21H18F3NO4. The predicted molar refractivity (Wildman–Crippen MR) is 96.3 cm³/mol. The van der Waals surface area contributed by atoms with Gasteiger partial charge in [0, 0.05) is 28.1 Å². The number of epoxide rings is 1. The van der Waals surface area contributed by atoms with Crippen LogP contribution in [-0.4, -0.2) is 22.5 Å². The number of hydrogen-bond donors (Lipinski definition) is 1. The van der Waals surface area contributed by atoms with Crippen molar-refractivity contribution in [1.29, 1.82) is 0 Å². The highest BCUT2D eigenvalue weighted by atomic mass is 19.4. The summed E-state index contributed by atoms with van der Waals surface area (Å²) in [6, 6.07) is 7.99. The molecular weight excluding hydrogens is 387 g/mol. The van der Waals surface area contributed by atoms with E-state index in [9.17, 15) is 18.3 Å². The number of fused-ring (bicyclic) bond motifs is 1. The lowest BCUT2D eigenvalue weighted by atomic mass is 9.89. The first-order chi connectivity index (χ1) is 13.8. The molecule has 0 spiro atoms. The zero-order valence-corrected chi connectivity index (χ0v) is 15.5. The molecule has 2 unspecified atom stereocenters. The summed E-state index contributed by atoms with van der Waals surface area (Å²) in [6.45, 7) is 1.62. The van der Waals surface area contributed by atoms with Gasteiger partial charge >= 0.3 is 6.18 Å². The van der Waals surface area contributed by atoms with Crippen LogP contribution < -0.4 is 4.74 Å². The van der Waals surface area contributed by atoms with E-state index in [4.69, 9.17) is 13.9 Å². The fourth-order valence-electron chi connectivity index (χ4n) is 4.20. The molecule has 1 saturated heterocycles. The summed E-state index contributed by atoms with van der Waals surface area (Å²) in [5, 5.41) is 10.6. The van der Waals surface area contributed by atoms with E-state index >= 15 is 0 Å². The summed E-state index contributed by atoms with van der Waals surface area (Å²) in [6.07, 6.45) is -2.64. The van der Waals surface area contributed by atoms with Crippen molar-refractivity contribution in [2.75, 3.05) is 0 Å². The number of pyridine rings is 1. The van der Waals surface area contributed by atoms with Crippen LogP contribution in [0.5, 0.6) is 5.75 Å². The number of aromatic nitrogens is 1. The largest absolute Gasteiger partial charge is 0.489 e. The number of alkyl halides is 3. The van der Waals surface area contributed by atoms with E-state index in [-0.39, 0.29) is 23.7 Å². The van der Waals surface area contributed by atoms with Crippen LogP contribution in [-0.2, 0) is 22.9 Å². The molecule has 1 aliphatic carbocycles. The Balaban J connectivity index is 1.45. The topological polar surface area (TPSA) is 68.0 Å². The highest BCUT2D eigenvalue weighted by Gasteiger charge is 2.63. The van der Waals surface area contributed by atoms with E-state index in [2.05, 4.69) is 4.98 Å². The number of rotatable bonds is 5. The van der Waals surface area contributed by atoms with Gasteiger partial charge in [-0.1, -0.05) is 6.07 Å². The summed E-state index contributed by atoms with van der Waals surface area (Å²) in [5.74, 6) is 1.19. The maximum absolute atomic E-state index is 13.1. The second-order valence-corrected chi connectivity index (χ2v) is 7.59. The number of ether oxygens (including phenoxy) is 2. The molecule has 29 heavy (non-hydrogen) atoms. The lowest BCUT2D eigenvalue weighted by Gasteiger charge is -2.14. The molecule has 0 radical (unpaired) electrons. The molecule has 2 aromatic heterocycles. The van der Waals surface area contributed by atoms with Crippen molar-refractivity contribution in [2.24, 2.45) is 0 Å². The van der Waals surface area contributed by atoms with Crippen LogP contribution in [0.25, 0.3) is 11.0 Å². The van der Waals surface area contributed by atoms with Crippen LogP contribution in [0.1, 0.15) is 35.4 Å². The minimum absolute atomic E-state index is 0.0307.